The molecule has 0 amide bonds. The Bertz CT molecular complexity index is 652. The maximum absolute atomic E-state index is 13.5. The summed E-state index contributed by atoms with van der Waals surface area (Å²) >= 11 is 0. The van der Waals surface area contributed by atoms with Gasteiger partial charge in [0.2, 0.25) is 0 Å². The van der Waals surface area contributed by atoms with Crippen molar-refractivity contribution in [1.29, 1.82) is 0 Å². The molecule has 0 spiro atoms. The molecule has 30 heavy (non-hydrogen) atoms. The molecule has 0 saturated heterocycles. The second-order valence-corrected chi connectivity index (χ2v) is 12.0. The molecule has 0 heterocycles. The highest BCUT2D eigenvalue weighted by Crippen LogP contribution is 2.68. The summed E-state index contributed by atoms with van der Waals surface area (Å²) < 4.78 is 18.4. The van der Waals surface area contributed by atoms with Crippen LogP contribution in [0.15, 0.2) is 0 Å². The van der Waals surface area contributed by atoms with E-state index in [4.69, 9.17) is 4.74 Å². The lowest BCUT2D eigenvalue weighted by molar-refractivity contribution is -0.156. The molecule has 4 unspecified atom stereocenters. The summed E-state index contributed by atoms with van der Waals surface area (Å²) in [6.07, 6.45) is 11.4. The molecule has 4 rings (SSSR count). The Kier molecular flexibility index (Phi) is 6.05. The molecule has 4 aliphatic carbocycles. The molecular formula is C26H43FO3. The van der Waals surface area contributed by atoms with Gasteiger partial charge in [-0.05, 0) is 111 Å². The second kappa shape index (κ2) is 8.05. The van der Waals surface area contributed by atoms with Crippen LogP contribution in [0.5, 0.6) is 0 Å². The first kappa shape index (κ1) is 22.6. The minimum atomic E-state index is -1.06. The van der Waals surface area contributed by atoms with Crippen molar-refractivity contribution in [2.24, 2.45) is 46.3 Å². The Balaban J connectivity index is 1.48. The van der Waals surface area contributed by atoms with Crippen LogP contribution in [0.25, 0.3) is 0 Å². The van der Waals surface area contributed by atoms with E-state index < -0.39 is 12.3 Å². The average Bonchev–Trinajstić information content (AvgIpc) is 3.09. The van der Waals surface area contributed by atoms with Crippen molar-refractivity contribution in [3.63, 3.8) is 0 Å². The monoisotopic (exact) mass is 422 g/mol. The minimum absolute atomic E-state index is 0.0814. The molecule has 0 aromatic heterocycles. The van der Waals surface area contributed by atoms with Crippen molar-refractivity contribution in [2.75, 3.05) is 13.8 Å². The zero-order chi connectivity index (χ0) is 21.7. The molecule has 0 aromatic rings. The molecule has 3 nitrogen and oxygen atoms in total. The largest absolute Gasteiger partial charge is 0.469 e. The van der Waals surface area contributed by atoms with Gasteiger partial charge >= 0.3 is 5.97 Å². The quantitative estimate of drug-likeness (QED) is 0.558. The van der Waals surface area contributed by atoms with E-state index in [1.54, 1.807) is 0 Å². The molecule has 172 valence electrons. The van der Waals surface area contributed by atoms with Crippen LogP contribution in [0, 0.1) is 46.3 Å². The van der Waals surface area contributed by atoms with Gasteiger partial charge in [-0.25, -0.2) is 4.39 Å². The van der Waals surface area contributed by atoms with Gasteiger partial charge in [0.05, 0.1) is 12.7 Å². The van der Waals surface area contributed by atoms with Crippen LogP contribution in [-0.4, -0.2) is 30.5 Å². The Morgan fingerprint density at radius 3 is 2.50 bits per heavy atom. The van der Waals surface area contributed by atoms with E-state index in [0.29, 0.717) is 42.4 Å². The summed E-state index contributed by atoms with van der Waals surface area (Å²) in [5, 5.41) is 10.6. The smallest absolute Gasteiger partial charge is 0.305 e. The highest BCUT2D eigenvalue weighted by Gasteiger charge is 2.61. The van der Waals surface area contributed by atoms with Gasteiger partial charge in [-0.3, -0.25) is 4.79 Å². The second-order valence-electron chi connectivity index (χ2n) is 12.0. The van der Waals surface area contributed by atoms with E-state index in [1.165, 1.54) is 39.2 Å². The average molecular weight is 423 g/mol. The van der Waals surface area contributed by atoms with Crippen molar-refractivity contribution in [3.8, 4) is 0 Å². The van der Waals surface area contributed by atoms with Gasteiger partial charge in [0.25, 0.3) is 0 Å². The maximum Gasteiger partial charge on any atom is 0.305 e. The van der Waals surface area contributed by atoms with Crippen molar-refractivity contribution in [3.05, 3.63) is 0 Å². The number of methoxy groups -OCH3 is 1. The van der Waals surface area contributed by atoms with E-state index in [1.807, 2.05) is 0 Å². The zero-order valence-corrected chi connectivity index (χ0v) is 19.6. The third kappa shape index (κ3) is 3.53. The minimum Gasteiger partial charge on any atom is -0.469 e. The third-order valence-corrected chi connectivity index (χ3v) is 10.9. The summed E-state index contributed by atoms with van der Waals surface area (Å²) in [4.78, 5) is 11.7. The molecule has 0 aromatic carbocycles. The lowest BCUT2D eigenvalue weighted by Gasteiger charge is -2.62. The molecule has 4 heteroatoms. The Morgan fingerprint density at radius 1 is 1.07 bits per heavy atom. The Morgan fingerprint density at radius 2 is 1.80 bits per heavy atom. The molecule has 0 radical (unpaired) electrons. The normalized spacial score (nSPS) is 48.9. The summed E-state index contributed by atoms with van der Waals surface area (Å²) in [6.45, 7) is 6.79. The Hall–Kier alpha value is -0.640. The molecule has 4 saturated carbocycles. The lowest BCUT2D eigenvalue weighted by atomic mass is 9.43. The van der Waals surface area contributed by atoms with Crippen LogP contribution in [0.4, 0.5) is 4.39 Å². The van der Waals surface area contributed by atoms with E-state index in [-0.39, 0.29) is 11.4 Å². The van der Waals surface area contributed by atoms with Gasteiger partial charge in [0.15, 0.2) is 0 Å². The fourth-order valence-corrected chi connectivity index (χ4v) is 9.07. The highest BCUT2D eigenvalue weighted by molar-refractivity contribution is 5.69. The summed E-state index contributed by atoms with van der Waals surface area (Å²) in [5.41, 5.74) is -0.387. The summed E-state index contributed by atoms with van der Waals surface area (Å²) in [7, 11) is 1.48. The van der Waals surface area contributed by atoms with Crippen LogP contribution in [0.1, 0.15) is 91.4 Å². The number of ether oxygens (including phenoxy) is 1. The molecule has 4 fully saturated rings. The van der Waals surface area contributed by atoms with Gasteiger partial charge in [-0.1, -0.05) is 20.8 Å². The number of rotatable bonds is 5. The zero-order valence-electron chi connectivity index (χ0n) is 19.6. The van der Waals surface area contributed by atoms with Gasteiger partial charge in [0, 0.05) is 6.42 Å². The number of hydrogen-bond acceptors (Lipinski definition) is 3. The van der Waals surface area contributed by atoms with Gasteiger partial charge in [0.1, 0.15) is 6.67 Å². The van der Waals surface area contributed by atoms with Gasteiger partial charge in [-0.15, -0.1) is 0 Å². The molecule has 0 aliphatic heterocycles. The van der Waals surface area contributed by atoms with Crippen molar-refractivity contribution in [2.45, 2.75) is 97.0 Å². The highest BCUT2D eigenvalue weighted by atomic mass is 19.1. The number of halogens is 1. The van der Waals surface area contributed by atoms with Crippen molar-refractivity contribution in [1.82, 2.24) is 0 Å². The molecule has 4 aliphatic rings. The van der Waals surface area contributed by atoms with Gasteiger partial charge < -0.3 is 9.84 Å². The standard InChI is InChI=1S/C26H43FO3/c1-17(5-10-23(28)30-4)20-8-9-21-19-7-6-18-15-26(29,16-27)14-13-24(18,2)22(19)11-12-25(20,21)3/h17-22,29H,5-16H2,1-4H3/t17-,18-,19?,20-,21?,22?,24?,25-,26+/m1/s1. The number of hydrogen-bond donors (Lipinski definition) is 1. The number of alkyl halides is 1. The lowest BCUT2D eigenvalue weighted by Crippen LogP contribution is -2.56. The number of esters is 1. The first-order valence-corrected chi connectivity index (χ1v) is 12.5. The van der Waals surface area contributed by atoms with Crippen LogP contribution >= 0.6 is 0 Å². The van der Waals surface area contributed by atoms with E-state index >= 15 is 0 Å². The number of carbonyl (C=O) groups is 1. The maximum atomic E-state index is 13.5. The van der Waals surface area contributed by atoms with Gasteiger partial charge in [-0.2, -0.15) is 0 Å². The topological polar surface area (TPSA) is 46.5 Å². The number of fused-ring (bicyclic) bond motifs is 5. The SMILES string of the molecule is COC(=O)CC[C@@H](C)[C@H]1CCC2C3CC[C@@H]4C[C@](O)(CF)CCC4(C)C3CC[C@@]21C. The van der Waals surface area contributed by atoms with Crippen molar-refractivity contribution >= 4 is 5.97 Å². The van der Waals surface area contributed by atoms with E-state index in [0.717, 1.165) is 37.0 Å². The first-order chi connectivity index (χ1) is 14.2. The Labute approximate surface area is 182 Å². The van der Waals surface area contributed by atoms with Crippen LogP contribution in [0.3, 0.4) is 0 Å². The fourth-order valence-electron chi connectivity index (χ4n) is 9.07. The number of aliphatic hydroxyl groups is 1. The van der Waals surface area contributed by atoms with E-state index in [2.05, 4.69) is 20.8 Å². The predicted octanol–water partition coefficient (Wildman–Crippen LogP) is 5.94. The fraction of sp³-hybridized carbons (Fsp3) is 0.962. The van der Waals surface area contributed by atoms with Crippen LogP contribution in [-0.2, 0) is 9.53 Å². The molecular weight excluding hydrogens is 379 g/mol. The van der Waals surface area contributed by atoms with Crippen LogP contribution < -0.4 is 0 Å². The van der Waals surface area contributed by atoms with Crippen LogP contribution in [0.2, 0.25) is 0 Å². The third-order valence-electron chi connectivity index (χ3n) is 10.9. The molecule has 0 bridgehead atoms. The first-order valence-electron chi connectivity index (χ1n) is 12.5. The molecule has 1 N–H and O–H groups in total. The van der Waals surface area contributed by atoms with E-state index in [9.17, 15) is 14.3 Å². The predicted molar refractivity (Wildman–Crippen MR) is 117 cm³/mol. The summed E-state index contributed by atoms with van der Waals surface area (Å²) in [6, 6.07) is 0. The van der Waals surface area contributed by atoms with Crippen molar-refractivity contribution < 1.29 is 19.0 Å². The number of carbonyl (C=O) groups excluding carboxylic acids is 1. The molecule has 9 atom stereocenters. The summed E-state index contributed by atoms with van der Waals surface area (Å²) in [5.74, 6) is 4.00.